The summed E-state index contributed by atoms with van der Waals surface area (Å²) in [5, 5.41) is 9.55. The molecule has 0 radical (unpaired) electrons. The summed E-state index contributed by atoms with van der Waals surface area (Å²) in [6, 6.07) is 0. The maximum atomic E-state index is 11.2. The van der Waals surface area contributed by atoms with Crippen LogP contribution >= 0.6 is 0 Å². The van der Waals surface area contributed by atoms with Crippen LogP contribution in [0, 0.1) is 0 Å². The number of hydrogen-bond donors (Lipinski definition) is 1. The maximum absolute atomic E-state index is 11.2. The van der Waals surface area contributed by atoms with E-state index in [2.05, 4.69) is 0 Å². The molecule has 5 heteroatoms. The predicted molar refractivity (Wildman–Crippen MR) is 60.7 cm³/mol. The first-order valence-corrected chi connectivity index (χ1v) is 7.14. The van der Waals surface area contributed by atoms with Gasteiger partial charge in [-0.15, -0.1) is 0 Å². The summed E-state index contributed by atoms with van der Waals surface area (Å²) in [5.41, 5.74) is 0. The molecule has 2 atom stereocenters. The van der Waals surface area contributed by atoms with E-state index in [1.165, 1.54) is 0 Å². The average molecular weight is 238 g/mol. The zero-order valence-corrected chi connectivity index (χ0v) is 10.6. The van der Waals surface area contributed by atoms with Crippen LogP contribution < -0.4 is 0 Å². The number of ether oxygens (including phenoxy) is 1. The number of hydrogen-bond acceptors (Lipinski definition) is 4. The fraction of sp³-hybridized carbons (Fsp3) is 1.00. The lowest BCUT2D eigenvalue weighted by Gasteiger charge is -2.14. The highest BCUT2D eigenvalue weighted by Crippen LogP contribution is 2.08. The van der Waals surface area contributed by atoms with Crippen LogP contribution in [0.25, 0.3) is 0 Å². The molecular formula is C10H22O4S. The number of aliphatic hydroxyl groups is 1. The summed E-state index contributed by atoms with van der Waals surface area (Å²) in [7, 11) is -1.30. The van der Waals surface area contributed by atoms with E-state index in [-0.39, 0.29) is 17.6 Å². The van der Waals surface area contributed by atoms with Gasteiger partial charge in [0.1, 0.15) is 9.84 Å². The van der Waals surface area contributed by atoms with Crippen molar-refractivity contribution >= 4 is 9.84 Å². The van der Waals surface area contributed by atoms with E-state index in [9.17, 15) is 13.5 Å². The van der Waals surface area contributed by atoms with Crippen molar-refractivity contribution in [2.24, 2.45) is 0 Å². The molecule has 2 unspecified atom stereocenters. The van der Waals surface area contributed by atoms with Crippen molar-refractivity contribution in [2.75, 3.05) is 18.6 Å². The highest BCUT2D eigenvalue weighted by atomic mass is 32.2. The van der Waals surface area contributed by atoms with E-state index in [0.29, 0.717) is 19.3 Å². The van der Waals surface area contributed by atoms with Crippen molar-refractivity contribution in [3.8, 4) is 0 Å². The van der Waals surface area contributed by atoms with E-state index in [1.54, 1.807) is 14.0 Å². The first-order valence-electron chi connectivity index (χ1n) is 5.32. The Labute approximate surface area is 92.6 Å². The van der Waals surface area contributed by atoms with Crippen LogP contribution in [0.4, 0.5) is 0 Å². The van der Waals surface area contributed by atoms with E-state index < -0.39 is 15.9 Å². The van der Waals surface area contributed by atoms with Gasteiger partial charge in [0.25, 0.3) is 0 Å². The third-order valence-electron chi connectivity index (χ3n) is 2.44. The Morgan fingerprint density at radius 3 is 2.47 bits per heavy atom. The lowest BCUT2D eigenvalue weighted by Crippen LogP contribution is -2.18. The lowest BCUT2D eigenvalue weighted by atomic mass is 10.1. The second kappa shape index (κ2) is 7.19. The minimum Gasteiger partial charge on any atom is -0.393 e. The number of sulfone groups is 1. The van der Waals surface area contributed by atoms with Gasteiger partial charge in [-0.3, -0.25) is 0 Å². The summed E-state index contributed by atoms with van der Waals surface area (Å²) in [6.45, 7) is 3.52. The fourth-order valence-electron chi connectivity index (χ4n) is 1.28. The molecular weight excluding hydrogens is 216 g/mol. The SMILES string of the molecule is CCS(=O)(=O)CCCC(O)CC(C)OC. The Bertz CT molecular complexity index is 248. The topological polar surface area (TPSA) is 63.6 Å². The van der Waals surface area contributed by atoms with Gasteiger partial charge in [0.15, 0.2) is 0 Å². The molecule has 0 aromatic carbocycles. The largest absolute Gasteiger partial charge is 0.393 e. The van der Waals surface area contributed by atoms with Crippen molar-refractivity contribution in [3.05, 3.63) is 0 Å². The quantitative estimate of drug-likeness (QED) is 0.685. The molecule has 0 rings (SSSR count). The fourth-order valence-corrected chi connectivity index (χ4v) is 2.18. The number of aliphatic hydroxyl groups excluding tert-OH is 1. The van der Waals surface area contributed by atoms with Crippen LogP contribution in [0.2, 0.25) is 0 Å². The molecule has 0 fully saturated rings. The maximum Gasteiger partial charge on any atom is 0.150 e. The first kappa shape index (κ1) is 14.9. The van der Waals surface area contributed by atoms with Crippen molar-refractivity contribution in [2.45, 2.75) is 45.3 Å². The number of methoxy groups -OCH3 is 1. The molecule has 4 nitrogen and oxygen atoms in total. The summed E-state index contributed by atoms with van der Waals surface area (Å²) >= 11 is 0. The Kier molecular flexibility index (Phi) is 7.13. The highest BCUT2D eigenvalue weighted by molar-refractivity contribution is 7.91. The van der Waals surface area contributed by atoms with Crippen molar-refractivity contribution in [3.63, 3.8) is 0 Å². The molecule has 0 saturated heterocycles. The van der Waals surface area contributed by atoms with Gasteiger partial charge >= 0.3 is 0 Å². The van der Waals surface area contributed by atoms with E-state index in [4.69, 9.17) is 4.74 Å². The molecule has 0 heterocycles. The third kappa shape index (κ3) is 7.76. The Balaban J connectivity index is 3.68. The number of rotatable bonds is 8. The minimum absolute atomic E-state index is 0.0165. The zero-order chi connectivity index (χ0) is 11.9. The highest BCUT2D eigenvalue weighted by Gasteiger charge is 2.12. The Morgan fingerprint density at radius 2 is 2.00 bits per heavy atom. The smallest absolute Gasteiger partial charge is 0.150 e. The van der Waals surface area contributed by atoms with Gasteiger partial charge in [0.05, 0.1) is 18.0 Å². The van der Waals surface area contributed by atoms with E-state index in [1.807, 2.05) is 6.92 Å². The molecule has 0 amide bonds. The monoisotopic (exact) mass is 238 g/mol. The van der Waals surface area contributed by atoms with Gasteiger partial charge in [-0.2, -0.15) is 0 Å². The first-order chi connectivity index (χ1) is 6.91. The van der Waals surface area contributed by atoms with Gasteiger partial charge in [0, 0.05) is 12.9 Å². The minimum atomic E-state index is -2.89. The standard InChI is InChI=1S/C10H22O4S/c1-4-15(12,13)7-5-6-10(11)8-9(2)14-3/h9-11H,4-8H2,1-3H3. The van der Waals surface area contributed by atoms with Gasteiger partial charge in [-0.05, 0) is 26.2 Å². The summed E-state index contributed by atoms with van der Waals surface area (Å²) < 4.78 is 27.3. The summed E-state index contributed by atoms with van der Waals surface area (Å²) in [4.78, 5) is 0. The van der Waals surface area contributed by atoms with Gasteiger partial charge < -0.3 is 9.84 Å². The Morgan fingerprint density at radius 1 is 1.40 bits per heavy atom. The molecule has 92 valence electrons. The molecule has 0 aromatic heterocycles. The van der Waals surface area contributed by atoms with Gasteiger partial charge in [-0.1, -0.05) is 6.92 Å². The second-order valence-electron chi connectivity index (χ2n) is 3.81. The zero-order valence-electron chi connectivity index (χ0n) is 9.77. The average Bonchev–Trinajstić information content (AvgIpc) is 2.17. The second-order valence-corrected chi connectivity index (χ2v) is 6.29. The van der Waals surface area contributed by atoms with Crippen molar-refractivity contribution in [1.82, 2.24) is 0 Å². The molecule has 0 aliphatic rings. The molecule has 0 spiro atoms. The van der Waals surface area contributed by atoms with Crippen LogP contribution in [0.3, 0.4) is 0 Å². The molecule has 15 heavy (non-hydrogen) atoms. The lowest BCUT2D eigenvalue weighted by molar-refractivity contribution is 0.0527. The van der Waals surface area contributed by atoms with E-state index in [0.717, 1.165) is 0 Å². The van der Waals surface area contributed by atoms with Crippen LogP contribution in [-0.2, 0) is 14.6 Å². The molecule has 0 aliphatic heterocycles. The van der Waals surface area contributed by atoms with Crippen molar-refractivity contribution < 1.29 is 18.3 Å². The van der Waals surface area contributed by atoms with Crippen LogP contribution in [0.1, 0.15) is 33.1 Å². The predicted octanol–water partition coefficient (Wildman–Crippen LogP) is 0.987. The normalized spacial score (nSPS) is 16.3. The molecule has 0 aromatic rings. The van der Waals surface area contributed by atoms with Crippen molar-refractivity contribution in [1.29, 1.82) is 0 Å². The Hall–Kier alpha value is -0.130. The third-order valence-corrected chi connectivity index (χ3v) is 4.23. The van der Waals surface area contributed by atoms with Gasteiger partial charge in [-0.25, -0.2) is 8.42 Å². The summed E-state index contributed by atoms with van der Waals surface area (Å²) in [5.74, 6) is 0.347. The molecule has 0 aliphatic carbocycles. The molecule has 0 saturated carbocycles. The van der Waals surface area contributed by atoms with Gasteiger partial charge in [0.2, 0.25) is 0 Å². The van der Waals surface area contributed by atoms with Crippen LogP contribution in [-0.4, -0.2) is 44.3 Å². The van der Waals surface area contributed by atoms with Crippen LogP contribution in [0.15, 0.2) is 0 Å². The van der Waals surface area contributed by atoms with E-state index >= 15 is 0 Å². The molecule has 1 N–H and O–H groups in total. The molecule has 0 bridgehead atoms. The summed E-state index contributed by atoms with van der Waals surface area (Å²) in [6.07, 6.45) is 1.15. The van der Waals surface area contributed by atoms with Crippen LogP contribution in [0.5, 0.6) is 0 Å².